The summed E-state index contributed by atoms with van der Waals surface area (Å²) in [5, 5.41) is 0. The number of carbonyl (C=O) groups is 1. The fourth-order valence-corrected chi connectivity index (χ4v) is 2.87. The Balaban J connectivity index is 3.63. The lowest BCUT2D eigenvalue weighted by molar-refractivity contribution is -0.462. The molecule has 0 radical (unpaired) electrons. The molecule has 0 aliphatic rings. The second kappa shape index (κ2) is 10.1. The zero-order valence-corrected chi connectivity index (χ0v) is 18.7. The van der Waals surface area contributed by atoms with Crippen molar-refractivity contribution in [1.29, 1.82) is 0 Å². The number of ether oxygens (including phenoxy) is 2. The Kier molecular flexibility index (Phi) is 8.96. The maximum Gasteiger partial charge on any atom is 0.460 e. The van der Waals surface area contributed by atoms with Crippen LogP contribution < -0.4 is 4.74 Å². The minimum absolute atomic E-state index is 0.435. The molecule has 0 fully saturated rings. The average Bonchev–Trinajstić information content (AvgIpc) is 2.76. The van der Waals surface area contributed by atoms with Crippen molar-refractivity contribution in [2.45, 2.75) is 67.1 Å². The van der Waals surface area contributed by atoms with Gasteiger partial charge < -0.3 is 9.47 Å². The SMILES string of the molecule is COC(CC(F)(F)C(F)(F)C(F)(F)C(F)(F)C(F)(F)C(F)(F)C(F)(F)C(F)(F)F)c1ccccc1OC(C)=O. The lowest BCUT2D eigenvalue weighted by atomic mass is 9.87. The molecule has 3 nitrogen and oxygen atoms in total. The van der Waals surface area contributed by atoms with Crippen LogP contribution in [0.2, 0.25) is 0 Å². The van der Waals surface area contributed by atoms with Crippen molar-refractivity contribution in [2.75, 3.05) is 7.11 Å². The van der Waals surface area contributed by atoms with E-state index in [9.17, 15) is 79.4 Å². The smallest absolute Gasteiger partial charge is 0.426 e. The monoisotopic (exact) mass is 612 g/mol. The van der Waals surface area contributed by atoms with Crippen molar-refractivity contribution in [2.24, 2.45) is 0 Å². The summed E-state index contributed by atoms with van der Waals surface area (Å²) in [6.07, 6.45) is -13.3. The highest BCUT2D eigenvalue weighted by Crippen LogP contribution is 2.64. The van der Waals surface area contributed by atoms with Gasteiger partial charge in [-0.05, 0) is 6.07 Å². The molecule has 1 unspecified atom stereocenters. The van der Waals surface area contributed by atoms with Gasteiger partial charge in [0.2, 0.25) is 0 Å². The van der Waals surface area contributed by atoms with Crippen molar-refractivity contribution < 1.29 is 88.9 Å². The van der Waals surface area contributed by atoms with Crippen LogP contribution in [-0.4, -0.2) is 60.7 Å². The predicted octanol–water partition coefficient (Wildman–Crippen LogP) is 7.70. The highest BCUT2D eigenvalue weighted by atomic mass is 19.4. The largest absolute Gasteiger partial charge is 0.460 e. The number of halogens is 17. The molecule has 226 valence electrons. The Labute approximate surface area is 205 Å². The van der Waals surface area contributed by atoms with E-state index in [0.29, 0.717) is 13.2 Å². The summed E-state index contributed by atoms with van der Waals surface area (Å²) in [5.74, 6) is -59.0. The number of esters is 1. The first kappa shape index (κ1) is 34.5. The number of carbonyl (C=O) groups excluding carboxylic acids is 1. The molecule has 1 aromatic carbocycles. The summed E-state index contributed by atoms with van der Waals surface area (Å²) in [4.78, 5) is 11.1. The van der Waals surface area contributed by atoms with Gasteiger partial charge >= 0.3 is 53.6 Å². The molecule has 0 saturated carbocycles. The number of alkyl halides is 17. The van der Waals surface area contributed by atoms with Gasteiger partial charge in [0.15, 0.2) is 0 Å². The van der Waals surface area contributed by atoms with Gasteiger partial charge in [0.25, 0.3) is 0 Å². The molecule has 0 aromatic heterocycles. The van der Waals surface area contributed by atoms with Crippen LogP contribution in [0.4, 0.5) is 74.6 Å². The van der Waals surface area contributed by atoms with Gasteiger partial charge in [-0.3, -0.25) is 4.79 Å². The molecule has 20 heteroatoms. The standard InChI is InChI=1S/C19H13F17O3/c1-8(37)39-10-6-4-3-5-9(10)11(38-2)7-12(20,21)13(22,23)14(24,25)15(26,27)16(28,29)17(30,31)18(32,33)19(34,35)36/h3-6,11H,7H2,1-2H3. The van der Waals surface area contributed by atoms with E-state index < -0.39 is 77.4 Å². The highest BCUT2D eigenvalue weighted by molar-refractivity contribution is 5.69. The maximum absolute atomic E-state index is 14.3. The summed E-state index contributed by atoms with van der Waals surface area (Å²) in [6, 6.07) is 3.50. The zero-order chi connectivity index (χ0) is 31.3. The second-order valence-electron chi connectivity index (χ2n) is 7.71. The summed E-state index contributed by atoms with van der Waals surface area (Å²) in [6.45, 7) is 0.738. The summed E-state index contributed by atoms with van der Waals surface area (Å²) in [7, 11) is 0.435. The molecule has 0 heterocycles. The van der Waals surface area contributed by atoms with Crippen LogP contribution in [-0.2, 0) is 9.53 Å². The van der Waals surface area contributed by atoms with Crippen molar-refractivity contribution in [3.8, 4) is 5.75 Å². The minimum Gasteiger partial charge on any atom is -0.426 e. The minimum atomic E-state index is -8.70. The molecular formula is C19H13F17O3. The third-order valence-electron chi connectivity index (χ3n) is 5.03. The number of hydrogen-bond acceptors (Lipinski definition) is 3. The second-order valence-corrected chi connectivity index (χ2v) is 7.71. The van der Waals surface area contributed by atoms with Crippen LogP contribution in [0, 0.1) is 0 Å². The van der Waals surface area contributed by atoms with Crippen LogP contribution in [0.1, 0.15) is 25.0 Å². The number of benzene rings is 1. The van der Waals surface area contributed by atoms with E-state index in [0.717, 1.165) is 25.1 Å². The maximum atomic E-state index is 14.3. The van der Waals surface area contributed by atoms with Gasteiger partial charge in [-0.2, -0.15) is 74.6 Å². The molecule has 0 spiro atoms. The lowest BCUT2D eigenvalue weighted by Crippen LogP contribution is -2.74. The van der Waals surface area contributed by atoms with E-state index in [1.54, 1.807) is 0 Å². The molecule has 39 heavy (non-hydrogen) atoms. The Morgan fingerprint density at radius 3 is 1.44 bits per heavy atom. The molecule has 1 rings (SSSR count). The average molecular weight is 612 g/mol. The Morgan fingerprint density at radius 1 is 0.667 bits per heavy atom. The van der Waals surface area contributed by atoms with Gasteiger partial charge in [0, 0.05) is 26.0 Å². The van der Waals surface area contributed by atoms with Crippen LogP contribution >= 0.6 is 0 Å². The van der Waals surface area contributed by atoms with Gasteiger partial charge in [-0.25, -0.2) is 0 Å². The first-order chi connectivity index (χ1) is 17.1. The molecule has 1 atom stereocenters. The van der Waals surface area contributed by atoms with Crippen LogP contribution in [0.15, 0.2) is 24.3 Å². The zero-order valence-electron chi connectivity index (χ0n) is 18.7. The molecule has 0 bridgehead atoms. The van der Waals surface area contributed by atoms with Crippen LogP contribution in [0.5, 0.6) is 5.75 Å². The molecule has 1 aromatic rings. The van der Waals surface area contributed by atoms with Gasteiger partial charge in [-0.1, -0.05) is 18.2 Å². The van der Waals surface area contributed by atoms with E-state index in [-0.39, 0.29) is 0 Å². The van der Waals surface area contributed by atoms with E-state index in [2.05, 4.69) is 9.47 Å². The van der Waals surface area contributed by atoms with Crippen molar-refractivity contribution in [3.05, 3.63) is 29.8 Å². The number of hydrogen-bond donors (Lipinski definition) is 0. The fourth-order valence-electron chi connectivity index (χ4n) is 2.87. The summed E-state index contributed by atoms with van der Waals surface area (Å²) >= 11 is 0. The molecule has 0 aliphatic heterocycles. The fraction of sp³-hybridized carbons (Fsp3) is 0.632. The Hall–Kier alpha value is -2.54. The van der Waals surface area contributed by atoms with E-state index in [1.807, 2.05) is 0 Å². The van der Waals surface area contributed by atoms with Crippen molar-refractivity contribution in [3.63, 3.8) is 0 Å². The molecule has 0 amide bonds. The van der Waals surface area contributed by atoms with Gasteiger partial charge in [0.1, 0.15) is 5.75 Å². The Bertz CT molecular complexity index is 1030. The quantitative estimate of drug-likeness (QED) is 0.146. The molecule has 0 saturated heterocycles. The predicted molar refractivity (Wildman–Crippen MR) is 92.8 cm³/mol. The third-order valence-corrected chi connectivity index (χ3v) is 5.03. The summed E-state index contributed by atoms with van der Waals surface area (Å²) in [5.41, 5.74) is -0.817. The van der Waals surface area contributed by atoms with Crippen LogP contribution in [0.3, 0.4) is 0 Å². The molecule has 0 aliphatic carbocycles. The third kappa shape index (κ3) is 5.31. The molecular weight excluding hydrogens is 599 g/mol. The normalized spacial score (nSPS) is 15.8. The van der Waals surface area contributed by atoms with E-state index in [4.69, 9.17) is 0 Å². The number of methoxy groups -OCH3 is 1. The molecule has 0 N–H and O–H groups in total. The first-order valence-corrected chi connectivity index (χ1v) is 9.60. The number of para-hydroxylation sites is 1. The van der Waals surface area contributed by atoms with Crippen LogP contribution in [0.25, 0.3) is 0 Å². The van der Waals surface area contributed by atoms with Gasteiger partial charge in [0.05, 0.1) is 6.10 Å². The van der Waals surface area contributed by atoms with Crippen molar-refractivity contribution in [1.82, 2.24) is 0 Å². The lowest BCUT2D eigenvalue weighted by Gasteiger charge is -2.43. The first-order valence-electron chi connectivity index (χ1n) is 9.60. The van der Waals surface area contributed by atoms with E-state index >= 15 is 0 Å². The Morgan fingerprint density at radius 2 is 1.05 bits per heavy atom. The highest BCUT2D eigenvalue weighted by Gasteiger charge is 2.95. The van der Waals surface area contributed by atoms with Gasteiger partial charge in [-0.15, -0.1) is 0 Å². The summed E-state index contributed by atoms with van der Waals surface area (Å²) < 4.78 is 237. The topological polar surface area (TPSA) is 35.5 Å². The number of rotatable bonds is 11. The van der Waals surface area contributed by atoms with Crippen molar-refractivity contribution >= 4 is 5.97 Å². The van der Waals surface area contributed by atoms with E-state index in [1.165, 1.54) is 0 Å².